The Balaban J connectivity index is 2.16. The summed E-state index contributed by atoms with van der Waals surface area (Å²) >= 11 is 0. The first-order chi connectivity index (χ1) is 10.1. The molecule has 1 aliphatic heterocycles. The van der Waals surface area contributed by atoms with Gasteiger partial charge in [0.25, 0.3) is 5.91 Å². The van der Waals surface area contributed by atoms with E-state index in [-0.39, 0.29) is 5.91 Å². The monoisotopic (exact) mass is 290 g/mol. The van der Waals surface area contributed by atoms with Crippen molar-refractivity contribution in [1.29, 1.82) is 0 Å². The number of rotatable bonds is 5. The van der Waals surface area contributed by atoms with Crippen LogP contribution in [-0.4, -0.2) is 39.3 Å². The largest absolute Gasteiger partial charge is 0.383 e. The van der Waals surface area contributed by atoms with E-state index in [9.17, 15) is 4.79 Å². The summed E-state index contributed by atoms with van der Waals surface area (Å²) in [7, 11) is 3.79. The van der Waals surface area contributed by atoms with Crippen molar-refractivity contribution in [2.45, 2.75) is 32.7 Å². The van der Waals surface area contributed by atoms with Crippen molar-refractivity contribution in [1.82, 2.24) is 5.32 Å². The van der Waals surface area contributed by atoms with E-state index in [0.717, 1.165) is 18.4 Å². The molecule has 1 aliphatic rings. The predicted molar refractivity (Wildman–Crippen MR) is 86.0 cm³/mol. The first-order valence-electron chi connectivity index (χ1n) is 7.71. The van der Waals surface area contributed by atoms with Gasteiger partial charge in [-0.1, -0.05) is 13.8 Å². The molecule has 4 heteroatoms. The standard InChI is InChI=1S/C17H26N2O2/c1-5-15-12(2)10-14-11-13(6-7-16(14)19(15)3)17(20)18-8-9-21-4/h6-7,11-12,15H,5,8-10H2,1-4H3,(H,18,20)/t12?,15-/m0/s1. The molecule has 0 saturated heterocycles. The molecule has 21 heavy (non-hydrogen) atoms. The minimum Gasteiger partial charge on any atom is -0.383 e. The van der Waals surface area contributed by atoms with Gasteiger partial charge in [0.1, 0.15) is 0 Å². The van der Waals surface area contributed by atoms with E-state index in [1.165, 1.54) is 11.3 Å². The lowest BCUT2D eigenvalue weighted by molar-refractivity contribution is 0.0937. The number of amides is 1. The number of hydrogen-bond donors (Lipinski definition) is 1. The fourth-order valence-corrected chi connectivity index (χ4v) is 3.32. The van der Waals surface area contributed by atoms with Crippen LogP contribution in [0.4, 0.5) is 5.69 Å². The highest BCUT2D eigenvalue weighted by Gasteiger charge is 2.28. The van der Waals surface area contributed by atoms with Crippen LogP contribution in [0.1, 0.15) is 36.2 Å². The van der Waals surface area contributed by atoms with Crippen LogP contribution in [0.2, 0.25) is 0 Å². The first kappa shape index (κ1) is 15.8. The molecule has 0 aromatic heterocycles. The van der Waals surface area contributed by atoms with E-state index in [0.29, 0.717) is 25.1 Å². The van der Waals surface area contributed by atoms with Gasteiger partial charge in [0.2, 0.25) is 0 Å². The Labute approximate surface area is 127 Å². The Morgan fingerprint density at radius 2 is 2.24 bits per heavy atom. The third-order valence-electron chi connectivity index (χ3n) is 4.43. The van der Waals surface area contributed by atoms with Crippen LogP contribution in [0.3, 0.4) is 0 Å². The molecule has 1 N–H and O–H groups in total. The van der Waals surface area contributed by atoms with E-state index in [1.54, 1.807) is 7.11 Å². The topological polar surface area (TPSA) is 41.6 Å². The minimum atomic E-state index is -0.0252. The van der Waals surface area contributed by atoms with Crippen molar-refractivity contribution >= 4 is 11.6 Å². The Hall–Kier alpha value is -1.55. The molecule has 0 bridgehead atoms. The lowest BCUT2D eigenvalue weighted by atomic mass is 9.85. The minimum absolute atomic E-state index is 0.0252. The van der Waals surface area contributed by atoms with Gasteiger partial charge in [-0.15, -0.1) is 0 Å². The van der Waals surface area contributed by atoms with Gasteiger partial charge >= 0.3 is 0 Å². The molecular weight excluding hydrogens is 264 g/mol. The summed E-state index contributed by atoms with van der Waals surface area (Å²) in [6, 6.07) is 6.62. The lowest BCUT2D eigenvalue weighted by Gasteiger charge is -2.40. The molecule has 0 aliphatic carbocycles. The zero-order valence-electron chi connectivity index (χ0n) is 13.5. The molecule has 0 fully saturated rings. The number of benzene rings is 1. The summed E-state index contributed by atoms with van der Waals surface area (Å²) in [6.07, 6.45) is 2.19. The highest BCUT2D eigenvalue weighted by Crippen LogP contribution is 2.34. The van der Waals surface area contributed by atoms with Gasteiger partial charge in [-0.3, -0.25) is 4.79 Å². The smallest absolute Gasteiger partial charge is 0.251 e. The number of anilines is 1. The maximum absolute atomic E-state index is 12.1. The summed E-state index contributed by atoms with van der Waals surface area (Å²) in [5, 5.41) is 2.87. The molecule has 1 aromatic rings. The van der Waals surface area contributed by atoms with Crippen LogP contribution >= 0.6 is 0 Å². The van der Waals surface area contributed by atoms with Crippen LogP contribution in [0.25, 0.3) is 0 Å². The van der Waals surface area contributed by atoms with E-state index in [2.05, 4.69) is 37.2 Å². The highest BCUT2D eigenvalue weighted by atomic mass is 16.5. The highest BCUT2D eigenvalue weighted by molar-refractivity contribution is 5.95. The van der Waals surface area contributed by atoms with E-state index >= 15 is 0 Å². The van der Waals surface area contributed by atoms with Crippen LogP contribution in [0.5, 0.6) is 0 Å². The Morgan fingerprint density at radius 3 is 2.90 bits per heavy atom. The van der Waals surface area contributed by atoms with Crippen molar-refractivity contribution in [3.63, 3.8) is 0 Å². The van der Waals surface area contributed by atoms with Crippen molar-refractivity contribution < 1.29 is 9.53 Å². The lowest BCUT2D eigenvalue weighted by Crippen LogP contribution is -2.41. The second kappa shape index (κ2) is 6.94. The van der Waals surface area contributed by atoms with Crippen LogP contribution in [0.15, 0.2) is 18.2 Å². The molecular formula is C17H26N2O2. The summed E-state index contributed by atoms with van der Waals surface area (Å²) < 4.78 is 4.95. The van der Waals surface area contributed by atoms with Crippen LogP contribution in [0, 0.1) is 5.92 Å². The molecule has 2 atom stereocenters. The molecule has 116 valence electrons. The number of carbonyl (C=O) groups is 1. The third kappa shape index (κ3) is 3.38. The third-order valence-corrected chi connectivity index (χ3v) is 4.43. The summed E-state index contributed by atoms with van der Waals surface area (Å²) in [5.74, 6) is 0.585. The fraction of sp³-hybridized carbons (Fsp3) is 0.588. The molecule has 1 amide bonds. The summed E-state index contributed by atoms with van der Waals surface area (Å²) in [4.78, 5) is 14.5. The average Bonchev–Trinajstić information content (AvgIpc) is 2.47. The van der Waals surface area contributed by atoms with Crippen molar-refractivity contribution in [3.8, 4) is 0 Å². The van der Waals surface area contributed by atoms with Crippen molar-refractivity contribution in [3.05, 3.63) is 29.3 Å². The van der Waals surface area contributed by atoms with Gasteiger partial charge in [-0.05, 0) is 42.5 Å². The first-order valence-corrected chi connectivity index (χ1v) is 7.71. The van der Waals surface area contributed by atoms with Crippen LogP contribution < -0.4 is 10.2 Å². The number of fused-ring (bicyclic) bond motifs is 1. The molecule has 1 heterocycles. The molecule has 1 aromatic carbocycles. The predicted octanol–water partition coefficient (Wildman–Crippen LogP) is 2.47. The van der Waals surface area contributed by atoms with Gasteiger partial charge < -0.3 is 15.0 Å². The summed E-state index contributed by atoms with van der Waals surface area (Å²) in [6.45, 7) is 5.61. The van der Waals surface area contributed by atoms with Crippen molar-refractivity contribution in [2.75, 3.05) is 32.2 Å². The maximum atomic E-state index is 12.1. The number of ether oxygens (including phenoxy) is 1. The number of nitrogens with zero attached hydrogens (tertiary/aromatic N) is 1. The SMILES string of the molecule is CC[C@H]1C(C)Cc2cc(C(=O)NCCOC)ccc2N1C. The Morgan fingerprint density at radius 1 is 1.48 bits per heavy atom. The Bertz CT molecular complexity index is 502. The number of nitrogens with one attached hydrogen (secondary N) is 1. The van der Waals surface area contributed by atoms with Crippen molar-refractivity contribution in [2.24, 2.45) is 5.92 Å². The number of methoxy groups -OCH3 is 1. The second-order valence-electron chi connectivity index (χ2n) is 5.86. The number of hydrogen-bond acceptors (Lipinski definition) is 3. The molecule has 0 saturated carbocycles. The van der Waals surface area contributed by atoms with Gasteiger partial charge in [0.15, 0.2) is 0 Å². The normalized spacial score (nSPS) is 21.0. The molecule has 2 rings (SSSR count). The van der Waals surface area contributed by atoms with Gasteiger partial charge in [0.05, 0.1) is 6.61 Å². The van der Waals surface area contributed by atoms with E-state index in [4.69, 9.17) is 4.74 Å². The second-order valence-corrected chi connectivity index (χ2v) is 5.86. The van der Waals surface area contributed by atoms with Crippen LogP contribution in [-0.2, 0) is 11.2 Å². The zero-order valence-corrected chi connectivity index (χ0v) is 13.5. The maximum Gasteiger partial charge on any atom is 0.251 e. The molecule has 4 nitrogen and oxygen atoms in total. The van der Waals surface area contributed by atoms with E-state index < -0.39 is 0 Å². The number of carbonyl (C=O) groups excluding carboxylic acids is 1. The van der Waals surface area contributed by atoms with E-state index in [1.807, 2.05) is 12.1 Å². The zero-order chi connectivity index (χ0) is 15.4. The average molecular weight is 290 g/mol. The molecule has 1 unspecified atom stereocenters. The quantitative estimate of drug-likeness (QED) is 0.847. The fourth-order valence-electron chi connectivity index (χ4n) is 3.32. The van der Waals surface area contributed by atoms with Gasteiger partial charge in [0, 0.05) is 38.0 Å². The summed E-state index contributed by atoms with van der Waals surface area (Å²) in [5.41, 5.74) is 3.27. The molecule has 0 spiro atoms. The van der Waals surface area contributed by atoms with Gasteiger partial charge in [-0.25, -0.2) is 0 Å². The van der Waals surface area contributed by atoms with Gasteiger partial charge in [-0.2, -0.15) is 0 Å². The Kier molecular flexibility index (Phi) is 5.23. The molecule has 0 radical (unpaired) electrons.